The Morgan fingerprint density at radius 3 is 2.19 bits per heavy atom. The second-order valence-electron chi connectivity index (χ2n) is 6.71. The molecule has 0 aromatic heterocycles. The number of aliphatic carboxylic acids is 1. The van der Waals surface area contributed by atoms with E-state index >= 15 is 0 Å². The summed E-state index contributed by atoms with van der Waals surface area (Å²) in [7, 11) is 0. The van der Waals surface area contributed by atoms with E-state index in [1.165, 1.54) is 4.90 Å². The smallest absolute Gasteiger partial charge is 0.323 e. The molecular weight excluding hydrogens is 334 g/mol. The third-order valence-electron chi connectivity index (χ3n) is 4.56. The third-order valence-corrected chi connectivity index (χ3v) is 4.56. The molecule has 2 rings (SSSR count). The van der Waals surface area contributed by atoms with Gasteiger partial charge in [-0.3, -0.25) is 14.4 Å². The van der Waals surface area contributed by atoms with Crippen molar-refractivity contribution in [2.75, 3.05) is 37.6 Å². The third kappa shape index (κ3) is 5.47. The topological polar surface area (TPSA) is 81.2 Å². The molecule has 0 spiro atoms. The Balaban J connectivity index is 1.80. The maximum Gasteiger partial charge on any atom is 0.323 e. The van der Waals surface area contributed by atoms with Crippen molar-refractivity contribution in [3.63, 3.8) is 0 Å². The van der Waals surface area contributed by atoms with E-state index in [1.807, 2.05) is 18.2 Å². The number of carbonyl (C=O) groups is 3. The number of piperazine rings is 1. The molecule has 0 radical (unpaired) electrons. The van der Waals surface area contributed by atoms with Gasteiger partial charge in [0.2, 0.25) is 11.8 Å². The molecule has 1 aliphatic rings. The molecule has 0 atom stereocenters. The lowest BCUT2D eigenvalue weighted by molar-refractivity contribution is -0.146. The highest BCUT2D eigenvalue weighted by Crippen LogP contribution is 2.16. The Morgan fingerprint density at radius 1 is 1.04 bits per heavy atom. The molecule has 1 N–H and O–H groups in total. The number of carboxylic acid groups (broad SMARTS) is 1. The predicted octanol–water partition coefficient (Wildman–Crippen LogP) is 1.44. The quantitative estimate of drug-likeness (QED) is 0.795. The molecule has 142 valence electrons. The molecule has 0 aliphatic carbocycles. The Morgan fingerprint density at radius 2 is 1.65 bits per heavy atom. The molecule has 2 amide bonds. The van der Waals surface area contributed by atoms with Gasteiger partial charge in [-0.05, 0) is 26.0 Å². The summed E-state index contributed by atoms with van der Waals surface area (Å²) >= 11 is 0. The van der Waals surface area contributed by atoms with Crippen LogP contribution in [0, 0.1) is 0 Å². The van der Waals surface area contributed by atoms with Gasteiger partial charge in [-0.25, -0.2) is 0 Å². The standard InChI is InChI=1S/C19H27N3O4/c1-15(2)22(14-19(25)26)18(24)9-8-17(23)21-12-10-20(11-13-21)16-6-4-3-5-7-16/h3-7,15H,8-14H2,1-2H3,(H,25,26). The van der Waals surface area contributed by atoms with Gasteiger partial charge >= 0.3 is 5.97 Å². The first-order valence-corrected chi connectivity index (χ1v) is 8.97. The van der Waals surface area contributed by atoms with E-state index in [4.69, 9.17) is 5.11 Å². The first-order chi connectivity index (χ1) is 12.4. The van der Waals surface area contributed by atoms with Gasteiger partial charge in [0.05, 0.1) is 0 Å². The molecule has 1 aromatic rings. The van der Waals surface area contributed by atoms with E-state index in [1.54, 1.807) is 18.7 Å². The number of nitrogens with zero attached hydrogens (tertiary/aromatic N) is 3. The zero-order valence-electron chi connectivity index (χ0n) is 15.4. The summed E-state index contributed by atoms with van der Waals surface area (Å²) < 4.78 is 0. The van der Waals surface area contributed by atoms with Crippen LogP contribution in [0.2, 0.25) is 0 Å². The van der Waals surface area contributed by atoms with E-state index in [0.29, 0.717) is 13.1 Å². The number of amides is 2. The first-order valence-electron chi connectivity index (χ1n) is 8.97. The minimum Gasteiger partial charge on any atom is -0.480 e. The molecule has 0 unspecified atom stereocenters. The van der Waals surface area contributed by atoms with Gasteiger partial charge in [-0.1, -0.05) is 18.2 Å². The average Bonchev–Trinajstić information content (AvgIpc) is 2.64. The van der Waals surface area contributed by atoms with Crippen LogP contribution < -0.4 is 4.90 Å². The fraction of sp³-hybridized carbons (Fsp3) is 0.526. The van der Waals surface area contributed by atoms with Crippen LogP contribution in [0.5, 0.6) is 0 Å². The molecule has 7 nitrogen and oxygen atoms in total. The second kappa shape index (κ2) is 9.22. The SMILES string of the molecule is CC(C)N(CC(=O)O)C(=O)CCC(=O)N1CCN(c2ccccc2)CC1. The molecule has 1 aromatic carbocycles. The zero-order chi connectivity index (χ0) is 19.1. The van der Waals surface area contributed by atoms with Gasteiger partial charge in [-0.2, -0.15) is 0 Å². The monoisotopic (exact) mass is 361 g/mol. The summed E-state index contributed by atoms with van der Waals surface area (Å²) in [4.78, 5) is 40.8. The number of rotatable bonds is 7. The normalized spacial score (nSPS) is 14.4. The van der Waals surface area contributed by atoms with Gasteiger partial charge in [0.25, 0.3) is 0 Å². The summed E-state index contributed by atoms with van der Waals surface area (Å²) in [5, 5.41) is 8.91. The summed E-state index contributed by atoms with van der Waals surface area (Å²) in [6.07, 6.45) is 0.163. The number of hydrogen-bond acceptors (Lipinski definition) is 4. The number of anilines is 1. The van der Waals surface area contributed by atoms with E-state index < -0.39 is 5.97 Å². The highest BCUT2D eigenvalue weighted by atomic mass is 16.4. The van der Waals surface area contributed by atoms with E-state index in [0.717, 1.165) is 18.8 Å². The Bertz CT molecular complexity index is 625. The summed E-state index contributed by atoms with van der Waals surface area (Å²) in [5.41, 5.74) is 1.15. The minimum absolute atomic E-state index is 0.0448. The Labute approximate surface area is 154 Å². The van der Waals surface area contributed by atoms with Crippen molar-refractivity contribution in [2.45, 2.75) is 32.7 Å². The molecule has 26 heavy (non-hydrogen) atoms. The number of benzene rings is 1. The molecule has 7 heteroatoms. The second-order valence-corrected chi connectivity index (χ2v) is 6.71. The number of carboxylic acids is 1. The fourth-order valence-corrected chi connectivity index (χ4v) is 3.07. The number of hydrogen-bond donors (Lipinski definition) is 1. The van der Waals surface area contributed by atoms with E-state index in [-0.39, 0.29) is 37.2 Å². The van der Waals surface area contributed by atoms with Crippen LogP contribution >= 0.6 is 0 Å². The van der Waals surface area contributed by atoms with Gasteiger partial charge < -0.3 is 19.8 Å². The van der Waals surface area contributed by atoms with Gasteiger partial charge in [0, 0.05) is 50.7 Å². The minimum atomic E-state index is -1.05. The van der Waals surface area contributed by atoms with Crippen LogP contribution in [0.25, 0.3) is 0 Å². The molecule has 1 fully saturated rings. The van der Waals surface area contributed by atoms with Crippen LogP contribution in [-0.2, 0) is 14.4 Å². The predicted molar refractivity (Wildman–Crippen MR) is 99.0 cm³/mol. The highest BCUT2D eigenvalue weighted by Gasteiger charge is 2.24. The van der Waals surface area contributed by atoms with Crippen LogP contribution in [0.4, 0.5) is 5.69 Å². The van der Waals surface area contributed by atoms with Gasteiger partial charge in [-0.15, -0.1) is 0 Å². The summed E-state index contributed by atoms with van der Waals surface area (Å²) in [6.45, 7) is 5.99. The molecule has 0 saturated carbocycles. The molecule has 1 aliphatic heterocycles. The fourth-order valence-electron chi connectivity index (χ4n) is 3.07. The van der Waals surface area contributed by atoms with E-state index in [2.05, 4.69) is 17.0 Å². The summed E-state index contributed by atoms with van der Waals surface area (Å²) in [5.74, 6) is -1.39. The van der Waals surface area contributed by atoms with Crippen molar-refractivity contribution in [2.24, 2.45) is 0 Å². The van der Waals surface area contributed by atoms with Crippen molar-refractivity contribution in [3.05, 3.63) is 30.3 Å². The van der Waals surface area contributed by atoms with Crippen molar-refractivity contribution in [1.82, 2.24) is 9.80 Å². The van der Waals surface area contributed by atoms with Gasteiger partial charge in [0.1, 0.15) is 6.54 Å². The lowest BCUT2D eigenvalue weighted by Crippen LogP contribution is -2.49. The lowest BCUT2D eigenvalue weighted by Gasteiger charge is -2.36. The largest absolute Gasteiger partial charge is 0.480 e. The lowest BCUT2D eigenvalue weighted by atomic mass is 10.2. The van der Waals surface area contributed by atoms with E-state index in [9.17, 15) is 14.4 Å². The Hall–Kier alpha value is -2.57. The number of para-hydroxylation sites is 1. The molecule has 0 bridgehead atoms. The van der Waals surface area contributed by atoms with Crippen LogP contribution in [-0.4, -0.2) is 71.5 Å². The van der Waals surface area contributed by atoms with Crippen molar-refractivity contribution >= 4 is 23.5 Å². The highest BCUT2D eigenvalue weighted by molar-refractivity contribution is 5.86. The van der Waals surface area contributed by atoms with Crippen molar-refractivity contribution in [1.29, 1.82) is 0 Å². The molecule has 1 heterocycles. The van der Waals surface area contributed by atoms with Crippen molar-refractivity contribution < 1.29 is 19.5 Å². The maximum absolute atomic E-state index is 12.4. The maximum atomic E-state index is 12.4. The number of carbonyl (C=O) groups excluding carboxylic acids is 2. The Kier molecular flexibility index (Phi) is 7.00. The molecular formula is C19H27N3O4. The first kappa shape index (κ1) is 19.8. The van der Waals surface area contributed by atoms with Crippen LogP contribution in [0.1, 0.15) is 26.7 Å². The van der Waals surface area contributed by atoms with Crippen LogP contribution in [0.3, 0.4) is 0 Å². The summed E-state index contributed by atoms with van der Waals surface area (Å²) in [6, 6.07) is 9.87. The zero-order valence-corrected chi connectivity index (χ0v) is 15.4. The van der Waals surface area contributed by atoms with Crippen molar-refractivity contribution in [3.8, 4) is 0 Å². The molecule has 1 saturated heterocycles. The van der Waals surface area contributed by atoms with Crippen LogP contribution in [0.15, 0.2) is 30.3 Å². The van der Waals surface area contributed by atoms with Gasteiger partial charge in [0.15, 0.2) is 0 Å². The average molecular weight is 361 g/mol.